The van der Waals surface area contributed by atoms with Crippen molar-refractivity contribution in [2.45, 2.75) is 6.54 Å². The molecule has 2 aromatic heterocycles. The van der Waals surface area contributed by atoms with Crippen LogP contribution in [0.25, 0.3) is 16.9 Å². The first-order valence-electron chi connectivity index (χ1n) is 10.3. The summed E-state index contributed by atoms with van der Waals surface area (Å²) in [5, 5.41) is 4.71. The van der Waals surface area contributed by atoms with Crippen LogP contribution >= 0.6 is 0 Å². The summed E-state index contributed by atoms with van der Waals surface area (Å²) in [4.78, 5) is 19.3. The molecule has 0 atom stereocenters. The summed E-state index contributed by atoms with van der Waals surface area (Å²) in [6, 6.07) is 21.2. The highest BCUT2D eigenvalue weighted by Crippen LogP contribution is 2.25. The predicted octanol–water partition coefficient (Wildman–Crippen LogP) is 4.77. The molecule has 4 rings (SSSR count). The van der Waals surface area contributed by atoms with Crippen LogP contribution in [0.3, 0.4) is 0 Å². The molecule has 6 heteroatoms. The largest absolute Gasteiger partial charge is 0.490 e. The van der Waals surface area contributed by atoms with Crippen LogP contribution in [0.1, 0.15) is 15.9 Å². The van der Waals surface area contributed by atoms with E-state index in [1.165, 1.54) is 0 Å². The zero-order valence-electron chi connectivity index (χ0n) is 17.9. The first-order chi connectivity index (χ1) is 15.7. The Morgan fingerprint density at radius 2 is 1.88 bits per heavy atom. The maximum absolute atomic E-state index is 13.4. The van der Waals surface area contributed by atoms with E-state index in [-0.39, 0.29) is 5.91 Å². The zero-order valence-corrected chi connectivity index (χ0v) is 17.9. The average molecular weight is 425 g/mol. The van der Waals surface area contributed by atoms with Gasteiger partial charge in [-0.25, -0.2) is 4.68 Å². The van der Waals surface area contributed by atoms with E-state index in [4.69, 9.17) is 9.84 Å². The van der Waals surface area contributed by atoms with Crippen molar-refractivity contribution in [1.82, 2.24) is 19.7 Å². The van der Waals surface area contributed by atoms with Gasteiger partial charge in [0.05, 0.1) is 11.3 Å². The van der Waals surface area contributed by atoms with Crippen LogP contribution in [-0.4, -0.2) is 39.2 Å². The van der Waals surface area contributed by atoms with Gasteiger partial charge in [-0.2, -0.15) is 5.10 Å². The highest BCUT2D eigenvalue weighted by molar-refractivity contribution is 5.99. The number of nitrogens with zero attached hydrogens (tertiary/aromatic N) is 4. The molecule has 2 heterocycles. The van der Waals surface area contributed by atoms with Crippen LogP contribution in [0.4, 0.5) is 0 Å². The highest BCUT2D eigenvalue weighted by Gasteiger charge is 2.22. The van der Waals surface area contributed by atoms with E-state index in [0.29, 0.717) is 24.4 Å². The summed E-state index contributed by atoms with van der Waals surface area (Å²) in [6.45, 7) is 4.57. The number of pyridine rings is 1. The number of hydrogen-bond acceptors (Lipinski definition) is 4. The molecule has 0 bridgehead atoms. The Balaban J connectivity index is 1.60. The van der Waals surface area contributed by atoms with Crippen LogP contribution in [-0.2, 0) is 6.54 Å². The summed E-state index contributed by atoms with van der Waals surface area (Å²) in [6.07, 6.45) is 6.91. The van der Waals surface area contributed by atoms with Gasteiger partial charge >= 0.3 is 0 Å². The van der Waals surface area contributed by atoms with Crippen molar-refractivity contribution in [3.05, 3.63) is 109 Å². The Labute approximate surface area is 187 Å². The van der Waals surface area contributed by atoms with Crippen molar-refractivity contribution in [3.8, 4) is 22.7 Å². The number of hydrogen-bond donors (Lipinski definition) is 0. The van der Waals surface area contributed by atoms with E-state index in [0.717, 1.165) is 22.6 Å². The summed E-state index contributed by atoms with van der Waals surface area (Å²) < 4.78 is 7.26. The number of ether oxygens (including phenoxy) is 1. The number of carbonyl (C=O) groups is 1. The molecule has 0 radical (unpaired) electrons. The molecular weight excluding hydrogens is 400 g/mol. The molecule has 0 saturated heterocycles. The minimum Gasteiger partial charge on any atom is -0.490 e. The molecule has 160 valence electrons. The molecule has 6 nitrogen and oxygen atoms in total. The van der Waals surface area contributed by atoms with Crippen LogP contribution in [0.15, 0.2) is 98.0 Å². The van der Waals surface area contributed by atoms with Gasteiger partial charge in [0, 0.05) is 37.7 Å². The van der Waals surface area contributed by atoms with E-state index < -0.39 is 0 Å². The number of amides is 1. The van der Waals surface area contributed by atoms with Crippen molar-refractivity contribution in [1.29, 1.82) is 0 Å². The summed E-state index contributed by atoms with van der Waals surface area (Å²) in [5.41, 5.74) is 3.81. The van der Waals surface area contributed by atoms with Gasteiger partial charge in [-0.05, 0) is 42.0 Å². The molecule has 4 aromatic rings. The van der Waals surface area contributed by atoms with Crippen LogP contribution in [0, 0.1) is 0 Å². The third-order valence-electron chi connectivity index (χ3n) is 4.96. The fourth-order valence-corrected chi connectivity index (χ4v) is 3.36. The monoisotopic (exact) mass is 424 g/mol. The second-order valence-corrected chi connectivity index (χ2v) is 7.32. The lowest BCUT2D eigenvalue weighted by Gasteiger charge is -2.17. The van der Waals surface area contributed by atoms with Gasteiger partial charge in [0.25, 0.3) is 5.91 Å². The van der Waals surface area contributed by atoms with Gasteiger partial charge in [-0.15, -0.1) is 0 Å². The van der Waals surface area contributed by atoms with Gasteiger partial charge < -0.3 is 9.64 Å². The van der Waals surface area contributed by atoms with Crippen molar-refractivity contribution in [2.75, 3.05) is 13.7 Å². The fourth-order valence-electron chi connectivity index (χ4n) is 3.36. The number of rotatable bonds is 8. The van der Waals surface area contributed by atoms with Crippen LogP contribution in [0.5, 0.6) is 5.75 Å². The molecule has 0 saturated carbocycles. The van der Waals surface area contributed by atoms with Crippen LogP contribution in [0.2, 0.25) is 0 Å². The molecular formula is C26H24N4O2. The second kappa shape index (κ2) is 9.75. The zero-order chi connectivity index (χ0) is 22.3. The van der Waals surface area contributed by atoms with Crippen molar-refractivity contribution < 1.29 is 9.53 Å². The van der Waals surface area contributed by atoms with E-state index in [1.54, 1.807) is 41.3 Å². The average Bonchev–Trinajstić information content (AvgIpc) is 3.30. The molecule has 32 heavy (non-hydrogen) atoms. The van der Waals surface area contributed by atoms with E-state index in [9.17, 15) is 4.79 Å². The van der Waals surface area contributed by atoms with Crippen LogP contribution < -0.4 is 4.74 Å². The Kier molecular flexibility index (Phi) is 6.41. The molecule has 0 aliphatic carbocycles. The molecule has 0 unspecified atom stereocenters. The molecule has 0 aliphatic rings. The van der Waals surface area contributed by atoms with Crippen molar-refractivity contribution in [3.63, 3.8) is 0 Å². The minimum atomic E-state index is -0.113. The Morgan fingerprint density at radius 3 is 2.56 bits per heavy atom. The van der Waals surface area contributed by atoms with E-state index in [1.807, 2.05) is 66.7 Å². The summed E-state index contributed by atoms with van der Waals surface area (Å²) >= 11 is 0. The van der Waals surface area contributed by atoms with Gasteiger partial charge in [-0.1, -0.05) is 43.0 Å². The quantitative estimate of drug-likeness (QED) is 0.382. The van der Waals surface area contributed by atoms with Gasteiger partial charge in [-0.3, -0.25) is 9.78 Å². The molecule has 0 N–H and O–H groups in total. The lowest BCUT2D eigenvalue weighted by Crippen LogP contribution is -2.26. The fraction of sp³-hybridized carbons (Fsp3) is 0.115. The Hall–Kier alpha value is -4.19. The SMILES string of the molecule is C=CCOc1ccc(CN(C)C(=O)c2cn(-c3ccccc3)nc2-c2cccnc2)cc1. The Morgan fingerprint density at radius 1 is 1.09 bits per heavy atom. The molecule has 1 amide bonds. The number of benzene rings is 2. The topological polar surface area (TPSA) is 60.2 Å². The van der Waals surface area contributed by atoms with Gasteiger partial charge in [0.2, 0.25) is 0 Å². The predicted molar refractivity (Wildman–Crippen MR) is 125 cm³/mol. The molecule has 2 aromatic carbocycles. The molecule has 0 aliphatic heterocycles. The standard InChI is InChI=1S/C26H24N4O2/c1-3-16-32-23-13-11-20(12-14-23)18-29(2)26(31)24-19-30(22-9-5-4-6-10-22)28-25(24)21-8-7-15-27-17-21/h3-15,17,19H,1,16,18H2,2H3. The lowest BCUT2D eigenvalue weighted by atomic mass is 10.1. The smallest absolute Gasteiger partial charge is 0.257 e. The maximum atomic E-state index is 13.4. The number of aromatic nitrogens is 3. The minimum absolute atomic E-state index is 0.113. The maximum Gasteiger partial charge on any atom is 0.257 e. The van der Waals surface area contributed by atoms with Crippen molar-refractivity contribution >= 4 is 5.91 Å². The second-order valence-electron chi connectivity index (χ2n) is 7.32. The third kappa shape index (κ3) is 4.75. The van der Waals surface area contributed by atoms with E-state index >= 15 is 0 Å². The molecule has 0 spiro atoms. The normalized spacial score (nSPS) is 10.5. The number of para-hydroxylation sites is 1. The number of carbonyl (C=O) groups excluding carboxylic acids is 1. The summed E-state index contributed by atoms with van der Waals surface area (Å²) in [5.74, 6) is 0.656. The first-order valence-corrected chi connectivity index (χ1v) is 10.3. The third-order valence-corrected chi connectivity index (χ3v) is 4.96. The Bertz CT molecular complexity index is 1190. The summed E-state index contributed by atoms with van der Waals surface area (Å²) in [7, 11) is 1.79. The van der Waals surface area contributed by atoms with Gasteiger partial charge in [0.15, 0.2) is 0 Å². The highest BCUT2D eigenvalue weighted by atomic mass is 16.5. The molecule has 0 fully saturated rings. The van der Waals surface area contributed by atoms with E-state index in [2.05, 4.69) is 11.6 Å². The lowest BCUT2D eigenvalue weighted by molar-refractivity contribution is 0.0786. The van der Waals surface area contributed by atoms with Crippen molar-refractivity contribution in [2.24, 2.45) is 0 Å². The van der Waals surface area contributed by atoms with Gasteiger partial charge in [0.1, 0.15) is 18.1 Å². The first kappa shape index (κ1) is 21.1.